The number of rotatable bonds is 11. The SMILES string of the molecule is CCCCCCCCc1ccc(C(=O)NC(CC)[N+](C)C)cc1. The molecule has 1 N–H and O–H groups in total. The van der Waals surface area contributed by atoms with Crippen molar-refractivity contribution in [3.63, 3.8) is 0 Å². The highest BCUT2D eigenvalue weighted by Crippen LogP contribution is 2.11. The zero-order valence-corrected chi connectivity index (χ0v) is 15.4. The molecule has 0 aliphatic heterocycles. The third-order valence-electron chi connectivity index (χ3n) is 4.34. The number of carbonyl (C=O) groups is 1. The monoisotopic (exact) mass is 318 g/mol. The number of amides is 1. The number of benzene rings is 1. The first-order valence-electron chi connectivity index (χ1n) is 9.14. The molecule has 0 bridgehead atoms. The quantitative estimate of drug-likeness (QED) is 0.365. The largest absolute Gasteiger partial charge is 0.299 e. The van der Waals surface area contributed by atoms with Crippen LogP contribution in [0.2, 0.25) is 0 Å². The lowest BCUT2D eigenvalue weighted by Crippen LogP contribution is -2.47. The molecule has 0 saturated heterocycles. The van der Waals surface area contributed by atoms with Crippen molar-refractivity contribution in [2.24, 2.45) is 0 Å². The van der Waals surface area contributed by atoms with E-state index in [1.54, 1.807) is 0 Å². The molecule has 0 aliphatic carbocycles. The number of hydrogen-bond donors (Lipinski definition) is 1. The van der Waals surface area contributed by atoms with Crippen LogP contribution in [0.4, 0.5) is 0 Å². The minimum Gasteiger partial charge on any atom is -0.299 e. The Hall–Kier alpha value is -1.35. The topological polar surface area (TPSA) is 35.0 Å². The second kappa shape index (κ2) is 11.2. The summed E-state index contributed by atoms with van der Waals surface area (Å²) in [4.78, 5) is 14.3. The Balaban J connectivity index is 2.39. The zero-order chi connectivity index (χ0) is 17.1. The van der Waals surface area contributed by atoms with Crippen molar-refractivity contribution in [1.29, 1.82) is 0 Å². The van der Waals surface area contributed by atoms with E-state index >= 15 is 0 Å². The second-order valence-corrected chi connectivity index (χ2v) is 6.58. The molecule has 1 aromatic rings. The Morgan fingerprint density at radius 1 is 1.00 bits per heavy atom. The van der Waals surface area contributed by atoms with Crippen molar-refractivity contribution in [2.45, 2.75) is 71.4 Å². The van der Waals surface area contributed by atoms with Crippen LogP contribution in [0.5, 0.6) is 0 Å². The lowest BCUT2D eigenvalue weighted by Gasteiger charge is -2.15. The van der Waals surface area contributed by atoms with Crippen molar-refractivity contribution in [3.8, 4) is 0 Å². The average Bonchev–Trinajstić information content (AvgIpc) is 2.55. The first-order chi connectivity index (χ1) is 11.1. The number of nitrogens with one attached hydrogen (secondary N) is 1. The molecule has 3 nitrogen and oxygen atoms in total. The van der Waals surface area contributed by atoms with Crippen molar-refractivity contribution in [1.82, 2.24) is 10.2 Å². The molecule has 1 unspecified atom stereocenters. The zero-order valence-electron chi connectivity index (χ0n) is 15.4. The fraction of sp³-hybridized carbons (Fsp3) is 0.650. The van der Waals surface area contributed by atoms with Crippen LogP contribution in [0.3, 0.4) is 0 Å². The van der Waals surface area contributed by atoms with Gasteiger partial charge in [0, 0.05) is 12.0 Å². The van der Waals surface area contributed by atoms with Crippen molar-refractivity contribution >= 4 is 5.91 Å². The normalized spacial score (nSPS) is 12.4. The summed E-state index contributed by atoms with van der Waals surface area (Å²) in [6.07, 6.45) is 10.0. The molecular weight excluding hydrogens is 284 g/mol. The minimum absolute atomic E-state index is 0.0108. The molecule has 1 amide bonds. The molecule has 1 atom stereocenters. The fourth-order valence-corrected chi connectivity index (χ4v) is 2.76. The summed E-state index contributed by atoms with van der Waals surface area (Å²) in [5.41, 5.74) is 2.08. The van der Waals surface area contributed by atoms with Gasteiger partial charge in [0.25, 0.3) is 5.91 Å². The van der Waals surface area contributed by atoms with Crippen LogP contribution < -0.4 is 10.2 Å². The molecule has 0 aliphatic rings. The standard InChI is InChI=1S/C20H34N2O/c1-5-7-8-9-10-11-12-17-13-15-18(16-14-17)20(23)21-19(6-2)22(3)4/h13-16,19H,5-12H2,1-4H3,(H,21,23)/q+1. The lowest BCUT2D eigenvalue weighted by molar-refractivity contribution is 0.0915. The van der Waals surface area contributed by atoms with Gasteiger partial charge in [-0.05, 0) is 30.5 Å². The van der Waals surface area contributed by atoms with Crippen LogP contribution in [0.25, 0.3) is 0 Å². The van der Waals surface area contributed by atoms with Gasteiger partial charge in [-0.3, -0.25) is 10.1 Å². The van der Waals surface area contributed by atoms with Gasteiger partial charge in [0.15, 0.2) is 0 Å². The van der Waals surface area contributed by atoms with E-state index in [-0.39, 0.29) is 12.1 Å². The summed E-state index contributed by atoms with van der Waals surface area (Å²) in [7, 11) is 3.97. The third kappa shape index (κ3) is 7.65. The van der Waals surface area contributed by atoms with E-state index in [0.29, 0.717) is 0 Å². The van der Waals surface area contributed by atoms with Crippen molar-refractivity contribution < 1.29 is 4.79 Å². The van der Waals surface area contributed by atoms with E-state index in [0.717, 1.165) is 18.4 Å². The Morgan fingerprint density at radius 2 is 1.61 bits per heavy atom. The smallest absolute Gasteiger partial charge is 0.255 e. The molecule has 0 heterocycles. The first kappa shape index (κ1) is 19.7. The maximum Gasteiger partial charge on any atom is 0.255 e. The lowest BCUT2D eigenvalue weighted by atomic mass is 10.0. The van der Waals surface area contributed by atoms with Gasteiger partial charge < -0.3 is 0 Å². The van der Waals surface area contributed by atoms with Gasteiger partial charge in [0.1, 0.15) is 14.1 Å². The maximum atomic E-state index is 12.3. The van der Waals surface area contributed by atoms with Crippen LogP contribution in [-0.2, 0) is 6.42 Å². The fourth-order valence-electron chi connectivity index (χ4n) is 2.76. The Bertz CT molecular complexity index is 439. The highest BCUT2D eigenvalue weighted by Gasteiger charge is 2.19. The third-order valence-corrected chi connectivity index (χ3v) is 4.34. The van der Waals surface area contributed by atoms with Gasteiger partial charge in [-0.1, -0.05) is 58.1 Å². The molecule has 129 valence electrons. The van der Waals surface area contributed by atoms with Crippen molar-refractivity contribution in [3.05, 3.63) is 35.4 Å². The molecule has 3 heteroatoms. The Morgan fingerprint density at radius 3 is 2.17 bits per heavy atom. The first-order valence-corrected chi connectivity index (χ1v) is 9.14. The van der Waals surface area contributed by atoms with Gasteiger partial charge in [-0.2, -0.15) is 4.90 Å². The second-order valence-electron chi connectivity index (χ2n) is 6.58. The van der Waals surface area contributed by atoms with Gasteiger partial charge in [-0.15, -0.1) is 0 Å². The summed E-state index contributed by atoms with van der Waals surface area (Å²) in [5, 5.41) is 3.06. The summed E-state index contributed by atoms with van der Waals surface area (Å²) in [5.74, 6) is 0.0108. The molecular formula is C20H34N2O+. The number of nitrogens with zero attached hydrogens (tertiary/aromatic N) is 1. The van der Waals surface area contributed by atoms with Crippen LogP contribution in [-0.4, -0.2) is 26.2 Å². The van der Waals surface area contributed by atoms with Crippen molar-refractivity contribution in [2.75, 3.05) is 14.1 Å². The highest BCUT2D eigenvalue weighted by atomic mass is 16.1. The van der Waals surface area contributed by atoms with Crippen LogP contribution in [0, 0.1) is 0 Å². The molecule has 0 spiro atoms. The number of hydrogen-bond acceptors (Lipinski definition) is 2. The summed E-state index contributed by atoms with van der Waals surface area (Å²) < 4.78 is 0. The highest BCUT2D eigenvalue weighted by molar-refractivity contribution is 5.94. The summed E-state index contributed by atoms with van der Waals surface area (Å²) >= 11 is 0. The average molecular weight is 319 g/mol. The van der Waals surface area contributed by atoms with Gasteiger partial charge >= 0.3 is 0 Å². The van der Waals surface area contributed by atoms with Crippen LogP contribution >= 0.6 is 0 Å². The molecule has 0 aromatic heterocycles. The summed E-state index contributed by atoms with van der Waals surface area (Å²) in [6.45, 7) is 4.33. The van der Waals surface area contributed by atoms with Gasteiger partial charge in [0.05, 0.1) is 0 Å². The Labute approximate surface area is 142 Å². The van der Waals surface area contributed by atoms with E-state index < -0.39 is 0 Å². The number of unbranched alkanes of at least 4 members (excludes halogenated alkanes) is 5. The molecule has 1 rings (SSSR count). The minimum atomic E-state index is 0.0108. The number of carbonyl (C=O) groups excluding carboxylic acids is 1. The summed E-state index contributed by atoms with van der Waals surface area (Å²) in [6, 6.07) is 8.09. The molecule has 1 aromatic carbocycles. The number of aryl methyl sites for hydroxylation is 1. The molecule has 0 saturated carbocycles. The Kier molecular flexibility index (Phi) is 9.61. The van der Waals surface area contributed by atoms with Gasteiger partial charge in [0.2, 0.25) is 6.17 Å². The van der Waals surface area contributed by atoms with E-state index in [1.807, 2.05) is 31.1 Å². The van der Waals surface area contributed by atoms with E-state index in [2.05, 4.69) is 31.3 Å². The van der Waals surface area contributed by atoms with E-state index in [4.69, 9.17) is 0 Å². The van der Waals surface area contributed by atoms with Crippen LogP contribution in [0.15, 0.2) is 24.3 Å². The van der Waals surface area contributed by atoms with E-state index in [9.17, 15) is 4.79 Å². The molecule has 1 radical (unpaired) electrons. The van der Waals surface area contributed by atoms with Gasteiger partial charge in [-0.25, -0.2) is 0 Å². The predicted molar refractivity (Wildman–Crippen MR) is 99.0 cm³/mol. The maximum absolute atomic E-state index is 12.3. The van der Waals surface area contributed by atoms with Crippen LogP contribution in [0.1, 0.15) is 74.7 Å². The molecule has 23 heavy (non-hydrogen) atoms. The molecule has 0 fully saturated rings. The predicted octanol–water partition coefficient (Wildman–Crippen LogP) is 4.46. The van der Waals surface area contributed by atoms with E-state index in [1.165, 1.54) is 44.1 Å².